The quantitative estimate of drug-likeness (QED) is 0.385. The number of rotatable bonds is 3. The fourth-order valence-electron chi connectivity index (χ4n) is 3.73. The number of hydrogen-bond donors (Lipinski definition) is 2. The Morgan fingerprint density at radius 3 is 2.84 bits per heavy atom. The molecule has 2 N–H and O–H groups in total. The molecule has 1 aliphatic heterocycles. The number of ether oxygens (including phenoxy) is 1. The number of carbonyl (C=O) groups is 2. The van der Waals surface area contributed by atoms with Crippen LogP contribution >= 0.6 is 11.3 Å². The molecule has 5 rings (SSSR count). The van der Waals surface area contributed by atoms with Crippen LogP contribution in [0.3, 0.4) is 0 Å². The minimum absolute atomic E-state index is 0.0646. The zero-order chi connectivity index (χ0) is 27.0. The molecule has 0 unspecified atom stereocenters. The molecule has 1 aliphatic rings. The van der Waals surface area contributed by atoms with Crippen molar-refractivity contribution in [3.8, 4) is 35.0 Å². The molecule has 4 heterocycles. The predicted octanol–water partition coefficient (Wildman–Crippen LogP) is 2.00. The number of carbonyl (C=O) groups excluding carboxylic acids is 2. The SMILES string of the molecule is CN1C(=O)[C@@H](NC(=O)c2cn3c(-c4cnc(C#N)cn4)csc3n2)COc2ccc(C#CC(C)(C)O)cc21. The average molecular weight is 528 g/mol. The number of nitriles is 1. The lowest BCUT2D eigenvalue weighted by atomic mass is 10.1. The van der Waals surface area contributed by atoms with Crippen LogP contribution in [0.1, 0.15) is 35.6 Å². The van der Waals surface area contributed by atoms with Crippen LogP contribution in [0.5, 0.6) is 5.75 Å². The highest BCUT2D eigenvalue weighted by Gasteiger charge is 2.31. The topological polar surface area (TPSA) is 146 Å². The van der Waals surface area contributed by atoms with Crippen molar-refractivity contribution >= 4 is 33.8 Å². The molecule has 12 heteroatoms. The van der Waals surface area contributed by atoms with Gasteiger partial charge in [-0.25, -0.2) is 15.0 Å². The highest BCUT2D eigenvalue weighted by atomic mass is 32.1. The number of benzene rings is 1. The first-order chi connectivity index (χ1) is 18.1. The zero-order valence-corrected chi connectivity index (χ0v) is 21.4. The molecule has 11 nitrogen and oxygen atoms in total. The van der Waals surface area contributed by atoms with Crippen LogP contribution in [0, 0.1) is 23.2 Å². The lowest BCUT2D eigenvalue weighted by molar-refractivity contribution is -0.120. The summed E-state index contributed by atoms with van der Waals surface area (Å²) in [6.45, 7) is 3.10. The summed E-state index contributed by atoms with van der Waals surface area (Å²) in [5.74, 6) is 5.22. The molecule has 38 heavy (non-hydrogen) atoms. The van der Waals surface area contributed by atoms with Gasteiger partial charge < -0.3 is 20.1 Å². The summed E-state index contributed by atoms with van der Waals surface area (Å²) in [5, 5.41) is 23.4. The maximum atomic E-state index is 13.2. The number of hydrogen-bond acceptors (Lipinski definition) is 9. The van der Waals surface area contributed by atoms with Crippen molar-refractivity contribution in [1.29, 1.82) is 5.26 Å². The Morgan fingerprint density at radius 1 is 1.32 bits per heavy atom. The molecular formula is C26H21N7O4S. The molecule has 0 saturated carbocycles. The standard InChI is InChI=1S/C26H21N7O4S/c1-26(2,36)7-6-15-4-5-22-20(8-15)32(3)24(35)19(13-37-22)30-23(34)18-12-33-21(14-38-25(33)31-18)17-11-28-16(9-27)10-29-17/h4-5,8,10-12,14,19,36H,13H2,1-3H3,(H,30,34)/t19-/m0/s1. The van der Waals surface area contributed by atoms with Crippen molar-refractivity contribution in [1.82, 2.24) is 24.7 Å². The molecule has 0 aliphatic carbocycles. The Hall–Kier alpha value is -4.78. The van der Waals surface area contributed by atoms with E-state index in [2.05, 4.69) is 32.1 Å². The molecule has 1 atom stereocenters. The highest BCUT2D eigenvalue weighted by molar-refractivity contribution is 7.15. The van der Waals surface area contributed by atoms with Gasteiger partial charge in [-0.2, -0.15) is 5.26 Å². The Morgan fingerprint density at radius 2 is 2.13 bits per heavy atom. The van der Waals surface area contributed by atoms with Crippen molar-refractivity contribution in [2.75, 3.05) is 18.6 Å². The van der Waals surface area contributed by atoms with Crippen LogP contribution in [-0.4, -0.2) is 61.6 Å². The summed E-state index contributed by atoms with van der Waals surface area (Å²) >= 11 is 1.32. The average Bonchev–Trinajstić information content (AvgIpc) is 3.47. The maximum Gasteiger partial charge on any atom is 0.272 e. The van der Waals surface area contributed by atoms with Crippen molar-refractivity contribution in [2.45, 2.75) is 25.5 Å². The Bertz CT molecular complexity index is 1670. The number of nitrogens with zero attached hydrogens (tertiary/aromatic N) is 6. The second-order valence-corrected chi connectivity index (χ2v) is 9.86. The van der Waals surface area contributed by atoms with E-state index < -0.39 is 17.6 Å². The summed E-state index contributed by atoms with van der Waals surface area (Å²) in [7, 11) is 1.60. The van der Waals surface area contributed by atoms with Crippen molar-refractivity contribution in [2.24, 2.45) is 0 Å². The van der Waals surface area contributed by atoms with Crippen LogP contribution in [0.2, 0.25) is 0 Å². The lowest BCUT2D eigenvalue weighted by Gasteiger charge is -2.20. The highest BCUT2D eigenvalue weighted by Crippen LogP contribution is 2.32. The van der Waals surface area contributed by atoms with Crippen molar-refractivity contribution in [3.63, 3.8) is 0 Å². The molecular weight excluding hydrogens is 506 g/mol. The number of aliphatic hydroxyl groups is 1. The van der Waals surface area contributed by atoms with E-state index in [9.17, 15) is 14.7 Å². The third kappa shape index (κ3) is 4.91. The van der Waals surface area contributed by atoms with Crippen LogP contribution in [0.4, 0.5) is 5.69 Å². The molecule has 2 amide bonds. The van der Waals surface area contributed by atoms with E-state index in [1.807, 2.05) is 11.4 Å². The van der Waals surface area contributed by atoms with Gasteiger partial charge in [0.15, 0.2) is 10.7 Å². The number of likely N-dealkylation sites (N-methyl/N-ethyl adjacent to an activating group) is 1. The first-order valence-corrected chi connectivity index (χ1v) is 12.3. The number of amides is 2. The van der Waals surface area contributed by atoms with Gasteiger partial charge in [-0.05, 0) is 32.0 Å². The van der Waals surface area contributed by atoms with Gasteiger partial charge in [0.25, 0.3) is 11.8 Å². The van der Waals surface area contributed by atoms with Crippen molar-refractivity contribution < 1.29 is 19.4 Å². The third-order valence-electron chi connectivity index (χ3n) is 5.64. The van der Waals surface area contributed by atoms with E-state index in [-0.39, 0.29) is 23.9 Å². The van der Waals surface area contributed by atoms with E-state index in [4.69, 9.17) is 10.00 Å². The molecule has 190 valence electrons. The van der Waals surface area contributed by atoms with E-state index in [1.54, 1.807) is 49.7 Å². The number of aromatic nitrogens is 4. The molecule has 0 spiro atoms. The first kappa shape index (κ1) is 24.9. The van der Waals surface area contributed by atoms with Gasteiger partial charge in [0, 0.05) is 24.2 Å². The summed E-state index contributed by atoms with van der Waals surface area (Å²) in [6.07, 6.45) is 4.42. The number of nitrogens with one attached hydrogen (secondary N) is 1. The number of thiazole rings is 1. The zero-order valence-electron chi connectivity index (χ0n) is 20.6. The van der Waals surface area contributed by atoms with Crippen molar-refractivity contribution in [3.05, 3.63) is 59.1 Å². The maximum absolute atomic E-state index is 13.2. The Balaban J connectivity index is 1.35. The van der Waals surface area contributed by atoms with Crippen LogP contribution < -0.4 is 15.0 Å². The molecule has 0 saturated heterocycles. The monoisotopic (exact) mass is 527 g/mol. The molecule has 0 radical (unpaired) electrons. The summed E-state index contributed by atoms with van der Waals surface area (Å²) in [4.78, 5) is 40.9. The van der Waals surface area contributed by atoms with Crippen LogP contribution in [0.15, 0.2) is 42.2 Å². The van der Waals surface area contributed by atoms with Gasteiger partial charge in [-0.3, -0.25) is 14.0 Å². The molecule has 1 aromatic carbocycles. The smallest absolute Gasteiger partial charge is 0.272 e. The van der Waals surface area contributed by atoms with Gasteiger partial charge in [0.2, 0.25) is 0 Å². The van der Waals surface area contributed by atoms with E-state index in [0.717, 1.165) is 0 Å². The van der Waals surface area contributed by atoms with E-state index >= 15 is 0 Å². The third-order valence-corrected chi connectivity index (χ3v) is 6.48. The molecule has 4 aromatic rings. The van der Waals surface area contributed by atoms with Gasteiger partial charge >= 0.3 is 0 Å². The number of fused-ring (bicyclic) bond motifs is 2. The van der Waals surface area contributed by atoms with E-state index in [1.165, 1.54) is 28.6 Å². The van der Waals surface area contributed by atoms with E-state index in [0.29, 0.717) is 33.3 Å². The minimum Gasteiger partial charge on any atom is -0.489 e. The summed E-state index contributed by atoms with van der Waals surface area (Å²) in [5.41, 5.74) is 1.48. The Kier molecular flexibility index (Phi) is 6.28. The molecule has 0 fully saturated rings. The van der Waals surface area contributed by atoms with Gasteiger partial charge in [-0.1, -0.05) is 11.8 Å². The minimum atomic E-state index is -1.15. The van der Waals surface area contributed by atoms with Crippen LogP contribution in [-0.2, 0) is 4.79 Å². The molecule has 0 bridgehead atoms. The predicted molar refractivity (Wildman–Crippen MR) is 139 cm³/mol. The second-order valence-electron chi connectivity index (χ2n) is 9.02. The first-order valence-electron chi connectivity index (χ1n) is 11.4. The largest absolute Gasteiger partial charge is 0.489 e. The normalized spacial score (nSPS) is 15.1. The fourth-order valence-corrected chi connectivity index (χ4v) is 4.60. The lowest BCUT2D eigenvalue weighted by Crippen LogP contribution is -2.49. The summed E-state index contributed by atoms with van der Waals surface area (Å²) < 4.78 is 7.55. The molecule has 3 aromatic heterocycles. The Labute approximate surface area is 221 Å². The van der Waals surface area contributed by atoms with Gasteiger partial charge in [-0.15, -0.1) is 11.3 Å². The number of anilines is 1. The summed E-state index contributed by atoms with van der Waals surface area (Å²) in [6, 6.07) is 6.12. The van der Waals surface area contributed by atoms with Gasteiger partial charge in [0.05, 0.1) is 23.8 Å². The van der Waals surface area contributed by atoms with Crippen LogP contribution in [0.25, 0.3) is 16.3 Å². The van der Waals surface area contributed by atoms with Gasteiger partial charge in [0.1, 0.15) is 41.5 Å². The number of imidazole rings is 1. The fraction of sp³-hybridized carbons (Fsp3) is 0.231. The second kappa shape index (κ2) is 9.59.